The van der Waals surface area contributed by atoms with Crippen LogP contribution < -0.4 is 9.47 Å². The first kappa shape index (κ1) is 27.4. The second-order valence-electron chi connectivity index (χ2n) is 10.4. The molecule has 3 aromatic carbocycles. The molecule has 0 amide bonds. The van der Waals surface area contributed by atoms with Gasteiger partial charge < -0.3 is 14.2 Å². The number of carbonyl (C=O) groups is 1. The first-order chi connectivity index (χ1) is 19.6. The van der Waals surface area contributed by atoms with Gasteiger partial charge in [0.2, 0.25) is 0 Å². The van der Waals surface area contributed by atoms with Crippen LogP contribution in [0.5, 0.6) is 17.2 Å². The number of carbonyl (C=O) groups excluding carboxylic acids is 1. The van der Waals surface area contributed by atoms with E-state index in [-0.39, 0.29) is 12.1 Å². The standard InChI is InChI=1S/C35H37NO4/c1-3-13-31-34(38-24-26-14-6-4-7-15-26)33(35(37)40-29-19-10-11-20-29)25(2)32(36-31)23-27-16-12-21-30(22-27)39-28-17-8-5-9-18-28/h4-9,12,14-18,21-22,29H,3,10-11,13,19-20,23-24H2,1-2H3. The van der Waals surface area contributed by atoms with Gasteiger partial charge in [-0.05, 0) is 80.0 Å². The molecule has 0 spiro atoms. The Morgan fingerprint density at radius 1 is 0.850 bits per heavy atom. The topological polar surface area (TPSA) is 57.7 Å². The van der Waals surface area contributed by atoms with Gasteiger partial charge in [-0.3, -0.25) is 4.98 Å². The maximum atomic E-state index is 13.7. The van der Waals surface area contributed by atoms with Gasteiger partial charge in [-0.15, -0.1) is 0 Å². The van der Waals surface area contributed by atoms with Crippen LogP contribution in [0.2, 0.25) is 0 Å². The van der Waals surface area contributed by atoms with Crippen LogP contribution in [0.25, 0.3) is 0 Å². The smallest absolute Gasteiger partial charge is 0.342 e. The highest BCUT2D eigenvalue weighted by atomic mass is 16.5. The lowest BCUT2D eigenvalue weighted by molar-refractivity contribution is 0.0311. The number of pyridine rings is 1. The van der Waals surface area contributed by atoms with E-state index in [1.807, 2.05) is 85.8 Å². The molecule has 1 fully saturated rings. The Labute approximate surface area is 237 Å². The monoisotopic (exact) mass is 535 g/mol. The van der Waals surface area contributed by atoms with E-state index in [2.05, 4.69) is 13.0 Å². The number of nitrogens with zero attached hydrogens (tertiary/aromatic N) is 1. The van der Waals surface area contributed by atoms with Crippen molar-refractivity contribution >= 4 is 5.97 Å². The highest BCUT2D eigenvalue weighted by molar-refractivity contribution is 5.95. The van der Waals surface area contributed by atoms with Crippen LogP contribution in [0.1, 0.15) is 77.5 Å². The minimum Gasteiger partial charge on any atom is -0.486 e. The van der Waals surface area contributed by atoms with Crippen molar-refractivity contribution in [1.82, 2.24) is 4.98 Å². The van der Waals surface area contributed by atoms with E-state index in [1.165, 1.54) is 0 Å². The molecule has 0 saturated heterocycles. The summed E-state index contributed by atoms with van der Waals surface area (Å²) in [5, 5.41) is 0. The molecule has 1 aliphatic rings. The number of benzene rings is 3. The molecular formula is C35H37NO4. The second kappa shape index (κ2) is 13.3. The van der Waals surface area contributed by atoms with Crippen LogP contribution in [0, 0.1) is 6.92 Å². The van der Waals surface area contributed by atoms with Crippen LogP contribution in [-0.2, 0) is 24.2 Å². The lowest BCUT2D eigenvalue weighted by Crippen LogP contribution is -2.19. The maximum absolute atomic E-state index is 13.7. The number of esters is 1. The fraction of sp³-hybridized carbons (Fsp3) is 0.314. The molecule has 5 nitrogen and oxygen atoms in total. The Balaban J connectivity index is 1.48. The van der Waals surface area contributed by atoms with Crippen LogP contribution in [0.15, 0.2) is 84.9 Å². The molecule has 1 aliphatic carbocycles. The highest BCUT2D eigenvalue weighted by Crippen LogP contribution is 2.33. The van der Waals surface area contributed by atoms with Crippen molar-refractivity contribution in [3.63, 3.8) is 0 Å². The van der Waals surface area contributed by atoms with Gasteiger partial charge in [0.15, 0.2) is 5.75 Å². The molecule has 4 aromatic rings. The summed E-state index contributed by atoms with van der Waals surface area (Å²) in [5.41, 5.74) is 5.06. The number of rotatable bonds is 11. The third-order valence-electron chi connectivity index (χ3n) is 7.31. The minimum absolute atomic E-state index is 0.0352. The molecule has 40 heavy (non-hydrogen) atoms. The van der Waals surface area contributed by atoms with Gasteiger partial charge in [-0.1, -0.05) is 74.0 Å². The molecule has 0 aliphatic heterocycles. The summed E-state index contributed by atoms with van der Waals surface area (Å²) >= 11 is 0. The summed E-state index contributed by atoms with van der Waals surface area (Å²) in [5.74, 6) is 1.79. The van der Waals surface area contributed by atoms with Crippen molar-refractivity contribution in [2.24, 2.45) is 0 Å². The average molecular weight is 536 g/mol. The normalized spacial score (nSPS) is 13.2. The van der Waals surface area contributed by atoms with Gasteiger partial charge >= 0.3 is 5.97 Å². The summed E-state index contributed by atoms with van der Waals surface area (Å²) in [7, 11) is 0. The molecule has 0 radical (unpaired) electrons. The lowest BCUT2D eigenvalue weighted by atomic mass is 9.98. The molecule has 1 heterocycles. The number of hydrogen-bond acceptors (Lipinski definition) is 5. The molecule has 1 saturated carbocycles. The molecule has 1 aromatic heterocycles. The van der Waals surface area contributed by atoms with Crippen molar-refractivity contribution in [1.29, 1.82) is 0 Å². The van der Waals surface area contributed by atoms with E-state index in [0.717, 1.165) is 71.7 Å². The Hall–Kier alpha value is -4.12. The van der Waals surface area contributed by atoms with Crippen molar-refractivity contribution in [3.05, 3.63) is 119 Å². The Morgan fingerprint density at radius 2 is 1.52 bits per heavy atom. The number of hydrogen-bond donors (Lipinski definition) is 0. The van der Waals surface area contributed by atoms with E-state index in [0.29, 0.717) is 30.8 Å². The predicted octanol–water partition coefficient (Wildman–Crippen LogP) is 8.40. The van der Waals surface area contributed by atoms with E-state index in [1.54, 1.807) is 0 Å². The summed E-state index contributed by atoms with van der Waals surface area (Å²) in [4.78, 5) is 18.8. The van der Waals surface area contributed by atoms with Gasteiger partial charge in [-0.25, -0.2) is 4.79 Å². The molecule has 5 rings (SSSR count). The fourth-order valence-electron chi connectivity index (χ4n) is 5.22. The molecule has 206 valence electrons. The molecule has 0 N–H and O–H groups in total. The largest absolute Gasteiger partial charge is 0.486 e. The second-order valence-corrected chi connectivity index (χ2v) is 10.4. The quantitative estimate of drug-likeness (QED) is 0.181. The first-order valence-corrected chi connectivity index (χ1v) is 14.3. The van der Waals surface area contributed by atoms with Crippen molar-refractivity contribution < 1.29 is 19.0 Å². The van der Waals surface area contributed by atoms with E-state index in [9.17, 15) is 4.79 Å². The van der Waals surface area contributed by atoms with Gasteiger partial charge in [0.1, 0.15) is 29.8 Å². The van der Waals surface area contributed by atoms with Crippen LogP contribution in [0.3, 0.4) is 0 Å². The number of ether oxygens (including phenoxy) is 3. The molecule has 0 atom stereocenters. The Bertz CT molecular complexity index is 1410. The lowest BCUT2D eigenvalue weighted by Gasteiger charge is -2.21. The third-order valence-corrected chi connectivity index (χ3v) is 7.31. The number of aryl methyl sites for hydroxylation is 1. The van der Waals surface area contributed by atoms with Crippen LogP contribution in [-0.4, -0.2) is 17.1 Å². The van der Waals surface area contributed by atoms with Crippen molar-refractivity contribution in [3.8, 4) is 17.2 Å². The van der Waals surface area contributed by atoms with Crippen LogP contribution >= 0.6 is 0 Å². The molecular weight excluding hydrogens is 498 g/mol. The summed E-state index contributed by atoms with van der Waals surface area (Å²) in [6.07, 6.45) is 6.14. The highest BCUT2D eigenvalue weighted by Gasteiger charge is 2.28. The van der Waals surface area contributed by atoms with Gasteiger partial charge in [0, 0.05) is 12.1 Å². The third kappa shape index (κ3) is 6.90. The maximum Gasteiger partial charge on any atom is 0.342 e. The van der Waals surface area contributed by atoms with Crippen LogP contribution in [0.4, 0.5) is 0 Å². The Kier molecular flexibility index (Phi) is 9.12. The van der Waals surface area contributed by atoms with Gasteiger partial charge in [0.25, 0.3) is 0 Å². The SMILES string of the molecule is CCCc1nc(Cc2cccc(Oc3ccccc3)c2)c(C)c(C(=O)OC2CCCC2)c1OCc1ccccc1. The van der Waals surface area contributed by atoms with Gasteiger partial charge in [-0.2, -0.15) is 0 Å². The number of aromatic nitrogens is 1. The first-order valence-electron chi connectivity index (χ1n) is 14.3. The predicted molar refractivity (Wildman–Crippen MR) is 157 cm³/mol. The van der Waals surface area contributed by atoms with Crippen molar-refractivity contribution in [2.75, 3.05) is 0 Å². The van der Waals surface area contributed by atoms with Gasteiger partial charge in [0.05, 0.1) is 5.69 Å². The summed E-state index contributed by atoms with van der Waals surface area (Å²) < 4.78 is 18.5. The van der Waals surface area contributed by atoms with E-state index < -0.39 is 0 Å². The minimum atomic E-state index is -0.311. The zero-order valence-corrected chi connectivity index (χ0v) is 23.4. The fourth-order valence-corrected chi connectivity index (χ4v) is 5.22. The molecule has 0 bridgehead atoms. The summed E-state index contributed by atoms with van der Waals surface area (Å²) in [6, 6.07) is 27.8. The van der Waals surface area contributed by atoms with E-state index >= 15 is 0 Å². The van der Waals surface area contributed by atoms with Crippen molar-refractivity contribution in [2.45, 2.75) is 71.5 Å². The summed E-state index contributed by atoms with van der Waals surface area (Å²) in [6.45, 7) is 4.44. The zero-order valence-electron chi connectivity index (χ0n) is 23.4. The van der Waals surface area contributed by atoms with E-state index in [4.69, 9.17) is 19.2 Å². The number of para-hydroxylation sites is 1. The average Bonchev–Trinajstić information content (AvgIpc) is 3.48. The Morgan fingerprint density at radius 3 is 2.25 bits per heavy atom. The molecule has 5 heteroatoms. The zero-order chi connectivity index (χ0) is 27.7. The molecule has 0 unspecified atom stereocenters.